The summed E-state index contributed by atoms with van der Waals surface area (Å²) < 4.78 is 4.57. The SMILES string of the molecule is COC(=O)[C@](C)(N)c1ccc(O)cc1. The fourth-order valence-corrected chi connectivity index (χ4v) is 1.14. The monoisotopic (exact) mass is 195 g/mol. The summed E-state index contributed by atoms with van der Waals surface area (Å²) in [5.41, 5.74) is 5.21. The van der Waals surface area contributed by atoms with Gasteiger partial charge in [0.15, 0.2) is 0 Å². The van der Waals surface area contributed by atoms with Gasteiger partial charge in [0.2, 0.25) is 0 Å². The number of aromatic hydroxyl groups is 1. The lowest BCUT2D eigenvalue weighted by atomic mass is 9.93. The van der Waals surface area contributed by atoms with Gasteiger partial charge in [0, 0.05) is 0 Å². The normalized spacial score (nSPS) is 14.5. The van der Waals surface area contributed by atoms with Gasteiger partial charge in [0.25, 0.3) is 0 Å². The van der Waals surface area contributed by atoms with Crippen molar-refractivity contribution >= 4 is 5.97 Å². The first kappa shape index (κ1) is 10.5. The molecule has 14 heavy (non-hydrogen) atoms. The molecule has 4 nitrogen and oxygen atoms in total. The van der Waals surface area contributed by atoms with E-state index in [-0.39, 0.29) is 5.75 Å². The quantitative estimate of drug-likeness (QED) is 0.683. The van der Waals surface area contributed by atoms with E-state index < -0.39 is 11.5 Å². The van der Waals surface area contributed by atoms with Crippen LogP contribution in [0.1, 0.15) is 12.5 Å². The number of nitrogens with two attached hydrogens (primary N) is 1. The van der Waals surface area contributed by atoms with E-state index in [2.05, 4.69) is 4.74 Å². The zero-order valence-corrected chi connectivity index (χ0v) is 8.15. The molecule has 3 N–H and O–H groups in total. The molecular formula is C10H13NO3. The third kappa shape index (κ3) is 1.85. The lowest BCUT2D eigenvalue weighted by molar-refractivity contribution is -0.146. The number of hydrogen-bond donors (Lipinski definition) is 2. The summed E-state index contributed by atoms with van der Waals surface area (Å²) >= 11 is 0. The molecule has 0 saturated heterocycles. The van der Waals surface area contributed by atoms with Crippen molar-refractivity contribution < 1.29 is 14.6 Å². The number of benzene rings is 1. The van der Waals surface area contributed by atoms with Crippen LogP contribution in [0.15, 0.2) is 24.3 Å². The molecule has 4 heteroatoms. The van der Waals surface area contributed by atoms with Crippen molar-refractivity contribution in [3.8, 4) is 5.75 Å². The number of methoxy groups -OCH3 is 1. The van der Waals surface area contributed by atoms with Crippen LogP contribution in [-0.4, -0.2) is 18.2 Å². The third-order valence-electron chi connectivity index (χ3n) is 2.08. The minimum absolute atomic E-state index is 0.134. The Hall–Kier alpha value is -1.55. The van der Waals surface area contributed by atoms with E-state index in [0.29, 0.717) is 5.56 Å². The predicted octanol–water partition coefficient (Wildman–Crippen LogP) is 0.739. The van der Waals surface area contributed by atoms with Crippen molar-refractivity contribution in [1.82, 2.24) is 0 Å². The molecule has 1 rings (SSSR count). The second-order valence-corrected chi connectivity index (χ2v) is 3.24. The van der Waals surface area contributed by atoms with E-state index in [4.69, 9.17) is 10.8 Å². The topological polar surface area (TPSA) is 72.5 Å². The van der Waals surface area contributed by atoms with E-state index in [1.807, 2.05) is 0 Å². The number of hydrogen-bond acceptors (Lipinski definition) is 4. The summed E-state index contributed by atoms with van der Waals surface area (Å²) in [5, 5.41) is 9.06. The standard InChI is InChI=1S/C10H13NO3/c1-10(11,9(13)14-2)7-3-5-8(12)6-4-7/h3-6,12H,11H2,1-2H3/t10-/m1/s1. The highest BCUT2D eigenvalue weighted by molar-refractivity contribution is 5.81. The van der Waals surface area contributed by atoms with Gasteiger partial charge in [-0.25, -0.2) is 4.79 Å². The van der Waals surface area contributed by atoms with Crippen molar-refractivity contribution in [3.63, 3.8) is 0 Å². The first-order chi connectivity index (χ1) is 6.48. The van der Waals surface area contributed by atoms with Crippen LogP contribution in [0, 0.1) is 0 Å². The zero-order valence-electron chi connectivity index (χ0n) is 8.15. The first-order valence-corrected chi connectivity index (χ1v) is 4.15. The number of ether oxygens (including phenoxy) is 1. The molecule has 0 unspecified atom stereocenters. The van der Waals surface area contributed by atoms with Gasteiger partial charge in [-0.2, -0.15) is 0 Å². The average Bonchev–Trinajstić information content (AvgIpc) is 2.17. The van der Waals surface area contributed by atoms with Gasteiger partial charge >= 0.3 is 5.97 Å². The number of rotatable bonds is 2. The van der Waals surface area contributed by atoms with E-state index in [9.17, 15) is 4.79 Å². The number of phenolic OH excluding ortho intramolecular Hbond substituents is 1. The van der Waals surface area contributed by atoms with Crippen molar-refractivity contribution in [2.75, 3.05) is 7.11 Å². The maximum Gasteiger partial charge on any atom is 0.330 e. The fraction of sp³-hybridized carbons (Fsp3) is 0.300. The van der Waals surface area contributed by atoms with Crippen molar-refractivity contribution in [1.29, 1.82) is 0 Å². The summed E-state index contributed by atoms with van der Waals surface area (Å²) in [5.74, 6) is -0.377. The zero-order chi connectivity index (χ0) is 10.8. The smallest absolute Gasteiger partial charge is 0.330 e. The average molecular weight is 195 g/mol. The highest BCUT2D eigenvalue weighted by atomic mass is 16.5. The molecule has 0 bridgehead atoms. The van der Waals surface area contributed by atoms with E-state index in [0.717, 1.165) is 0 Å². The van der Waals surface area contributed by atoms with Gasteiger partial charge < -0.3 is 15.6 Å². The molecule has 0 radical (unpaired) electrons. The van der Waals surface area contributed by atoms with Crippen LogP contribution in [0.2, 0.25) is 0 Å². The van der Waals surface area contributed by atoms with E-state index in [1.165, 1.54) is 19.2 Å². The number of carbonyl (C=O) groups excluding carboxylic acids is 1. The Kier molecular flexibility index (Phi) is 2.76. The Morgan fingerprint density at radius 3 is 2.36 bits per heavy atom. The molecule has 0 aliphatic heterocycles. The maximum atomic E-state index is 11.3. The van der Waals surface area contributed by atoms with Crippen LogP contribution in [0.4, 0.5) is 0 Å². The lowest BCUT2D eigenvalue weighted by Crippen LogP contribution is -2.42. The van der Waals surface area contributed by atoms with Crippen LogP contribution >= 0.6 is 0 Å². The number of carbonyl (C=O) groups is 1. The number of esters is 1. The van der Waals surface area contributed by atoms with Crippen LogP contribution in [-0.2, 0) is 15.1 Å². The van der Waals surface area contributed by atoms with Gasteiger partial charge in [-0.15, -0.1) is 0 Å². The Labute approximate surface area is 82.3 Å². The molecular weight excluding hydrogens is 182 g/mol. The fourth-order valence-electron chi connectivity index (χ4n) is 1.14. The first-order valence-electron chi connectivity index (χ1n) is 4.15. The van der Waals surface area contributed by atoms with Crippen molar-refractivity contribution in [2.45, 2.75) is 12.5 Å². The lowest BCUT2D eigenvalue weighted by Gasteiger charge is -2.21. The molecule has 1 atom stereocenters. The minimum Gasteiger partial charge on any atom is -0.508 e. The largest absolute Gasteiger partial charge is 0.508 e. The van der Waals surface area contributed by atoms with Crippen LogP contribution in [0.5, 0.6) is 5.75 Å². The molecule has 0 saturated carbocycles. The Morgan fingerprint density at radius 2 is 1.93 bits per heavy atom. The molecule has 1 aromatic rings. The van der Waals surface area contributed by atoms with Crippen molar-refractivity contribution in [3.05, 3.63) is 29.8 Å². The molecule has 0 spiro atoms. The highest BCUT2D eigenvalue weighted by Gasteiger charge is 2.31. The molecule has 0 heterocycles. The number of phenols is 1. The van der Waals surface area contributed by atoms with E-state index >= 15 is 0 Å². The van der Waals surface area contributed by atoms with Gasteiger partial charge in [0.1, 0.15) is 11.3 Å². The van der Waals surface area contributed by atoms with Crippen molar-refractivity contribution in [2.24, 2.45) is 5.73 Å². The molecule has 76 valence electrons. The minimum atomic E-state index is -1.18. The van der Waals surface area contributed by atoms with Gasteiger partial charge in [-0.1, -0.05) is 12.1 Å². The summed E-state index contributed by atoms with van der Waals surface area (Å²) in [4.78, 5) is 11.3. The Bertz CT molecular complexity index is 330. The van der Waals surface area contributed by atoms with Gasteiger partial charge in [-0.05, 0) is 24.6 Å². The Balaban J connectivity index is 3.03. The van der Waals surface area contributed by atoms with E-state index in [1.54, 1.807) is 19.1 Å². The Morgan fingerprint density at radius 1 is 1.43 bits per heavy atom. The third-order valence-corrected chi connectivity index (χ3v) is 2.08. The molecule has 1 aromatic carbocycles. The van der Waals surface area contributed by atoms with Gasteiger partial charge in [0.05, 0.1) is 7.11 Å². The molecule has 0 fully saturated rings. The van der Waals surface area contributed by atoms with Crippen LogP contribution in [0.3, 0.4) is 0 Å². The summed E-state index contributed by atoms with van der Waals surface area (Å²) in [6.45, 7) is 1.56. The molecule has 0 amide bonds. The second kappa shape index (κ2) is 3.67. The highest BCUT2D eigenvalue weighted by Crippen LogP contribution is 2.21. The molecule has 0 aliphatic rings. The van der Waals surface area contributed by atoms with Crippen LogP contribution < -0.4 is 5.73 Å². The van der Waals surface area contributed by atoms with Gasteiger partial charge in [-0.3, -0.25) is 0 Å². The predicted molar refractivity (Wildman–Crippen MR) is 51.7 cm³/mol. The summed E-state index contributed by atoms with van der Waals surface area (Å²) in [7, 11) is 1.29. The molecule has 0 aliphatic carbocycles. The second-order valence-electron chi connectivity index (χ2n) is 3.24. The van der Waals surface area contributed by atoms with Crippen LogP contribution in [0.25, 0.3) is 0 Å². The maximum absolute atomic E-state index is 11.3. The summed E-state index contributed by atoms with van der Waals surface area (Å²) in [6.07, 6.45) is 0. The summed E-state index contributed by atoms with van der Waals surface area (Å²) in [6, 6.07) is 6.13. The molecule has 0 aromatic heterocycles.